The van der Waals surface area contributed by atoms with Crippen LogP contribution >= 0.6 is 0 Å². The molecule has 61 heavy (non-hydrogen) atoms. The van der Waals surface area contributed by atoms with E-state index in [4.69, 9.17) is 0 Å². The van der Waals surface area contributed by atoms with Gasteiger partial charge in [0.25, 0.3) is 0 Å². The number of rotatable bonds is 10. The van der Waals surface area contributed by atoms with Crippen LogP contribution in [0.4, 0.5) is 34.1 Å². The minimum absolute atomic E-state index is 1.12. The number of hydrogen-bond acceptors (Lipinski definition) is 2. The van der Waals surface area contributed by atoms with Crippen LogP contribution in [-0.4, -0.2) is 4.57 Å². The average Bonchev–Trinajstić information content (AvgIpc) is 3.67. The zero-order chi connectivity index (χ0) is 40.5. The van der Waals surface area contributed by atoms with Gasteiger partial charge in [-0.15, -0.1) is 0 Å². The smallest absolute Gasteiger partial charge is 0.0568 e. The topological polar surface area (TPSA) is 11.4 Å². The quantitative estimate of drug-likeness (QED) is 0.101. The van der Waals surface area contributed by atoms with Crippen LogP contribution in [0.5, 0.6) is 0 Å². The summed E-state index contributed by atoms with van der Waals surface area (Å²) in [6.45, 7) is 0. The van der Waals surface area contributed by atoms with E-state index in [0.717, 1.165) is 50.9 Å². The molecule has 0 saturated heterocycles. The minimum Gasteiger partial charge on any atom is -0.311 e. The second-order valence-electron chi connectivity index (χ2n) is 15.5. The largest absolute Gasteiger partial charge is 0.311 e. The van der Waals surface area contributed by atoms with Gasteiger partial charge in [-0.1, -0.05) is 152 Å². The van der Waals surface area contributed by atoms with Crippen molar-refractivity contribution in [3.05, 3.63) is 248 Å². The number of benzene rings is 10. The van der Waals surface area contributed by atoms with Gasteiger partial charge in [-0.25, -0.2) is 0 Å². The molecule has 11 aromatic rings. The van der Waals surface area contributed by atoms with Gasteiger partial charge < -0.3 is 14.4 Å². The summed E-state index contributed by atoms with van der Waals surface area (Å²) in [7, 11) is 0. The third kappa shape index (κ3) is 6.78. The lowest BCUT2D eigenvalue weighted by atomic mass is 9.96. The Hall–Kier alpha value is -8.14. The van der Waals surface area contributed by atoms with Gasteiger partial charge in [-0.2, -0.15) is 0 Å². The van der Waals surface area contributed by atoms with Gasteiger partial charge in [0.1, 0.15) is 0 Å². The first kappa shape index (κ1) is 36.0. The second-order valence-corrected chi connectivity index (χ2v) is 15.5. The highest BCUT2D eigenvalue weighted by Gasteiger charge is 2.22. The van der Waals surface area contributed by atoms with Gasteiger partial charge in [0.15, 0.2) is 0 Å². The summed E-state index contributed by atoms with van der Waals surface area (Å²) in [4.78, 5) is 4.64. The van der Waals surface area contributed by atoms with Crippen molar-refractivity contribution in [1.82, 2.24) is 4.57 Å². The van der Waals surface area contributed by atoms with Crippen molar-refractivity contribution in [3.8, 4) is 16.8 Å². The van der Waals surface area contributed by atoms with E-state index in [-0.39, 0.29) is 0 Å². The lowest BCUT2D eigenvalue weighted by Gasteiger charge is -2.26. The Morgan fingerprint density at radius 1 is 0.295 bits per heavy atom. The maximum atomic E-state index is 2.45. The summed E-state index contributed by atoms with van der Waals surface area (Å²) in [5, 5.41) is 5.04. The fourth-order valence-electron chi connectivity index (χ4n) is 8.82. The molecule has 0 N–H and O–H groups in total. The van der Waals surface area contributed by atoms with Crippen LogP contribution in [0.2, 0.25) is 0 Å². The molecule has 1 heterocycles. The Morgan fingerprint density at radius 3 is 1.18 bits per heavy atom. The normalized spacial score (nSPS) is 11.5. The molecule has 0 fully saturated rings. The second kappa shape index (κ2) is 15.6. The molecule has 11 rings (SSSR count). The number of aromatic nitrogens is 1. The zero-order valence-electron chi connectivity index (χ0n) is 33.5. The number of anilines is 6. The van der Waals surface area contributed by atoms with E-state index < -0.39 is 0 Å². The van der Waals surface area contributed by atoms with Gasteiger partial charge in [-0.3, -0.25) is 0 Å². The van der Waals surface area contributed by atoms with E-state index in [2.05, 4.69) is 263 Å². The van der Waals surface area contributed by atoms with Crippen molar-refractivity contribution >= 4 is 78.9 Å². The Labute approximate surface area is 356 Å². The minimum atomic E-state index is 1.12. The summed E-state index contributed by atoms with van der Waals surface area (Å²) >= 11 is 0. The first-order chi connectivity index (χ1) is 30.2. The first-order valence-electron chi connectivity index (χ1n) is 20.8. The molecule has 0 aliphatic rings. The van der Waals surface area contributed by atoms with Crippen LogP contribution in [0, 0.1) is 0 Å². The van der Waals surface area contributed by atoms with Crippen molar-refractivity contribution < 1.29 is 0 Å². The molecular formula is C58H41N3. The molecular weight excluding hydrogens is 739 g/mol. The molecule has 0 unspecified atom stereocenters. The van der Waals surface area contributed by atoms with Crippen LogP contribution < -0.4 is 9.80 Å². The van der Waals surface area contributed by atoms with Crippen LogP contribution in [0.1, 0.15) is 11.1 Å². The van der Waals surface area contributed by atoms with Gasteiger partial charge >= 0.3 is 0 Å². The Balaban J connectivity index is 0.947. The van der Waals surface area contributed by atoms with E-state index >= 15 is 0 Å². The molecule has 3 nitrogen and oxygen atoms in total. The maximum Gasteiger partial charge on any atom is 0.0568 e. The zero-order valence-corrected chi connectivity index (χ0v) is 33.5. The summed E-state index contributed by atoms with van der Waals surface area (Å²) in [6, 6.07) is 84.9. The SMILES string of the molecule is C(=C\c1ccc(N(c2ccccc2)c2ccccc2)cc1)/c1ccc(-c2cc3ccc4cc(N(c5ccccc5)c5ccccc5)cc5c4c3c(c2)n5-c2ccccc2)cc1. The lowest BCUT2D eigenvalue weighted by Crippen LogP contribution is -2.10. The summed E-state index contributed by atoms with van der Waals surface area (Å²) in [6.07, 6.45) is 4.39. The number of hydrogen-bond donors (Lipinski definition) is 0. The number of para-hydroxylation sites is 5. The highest BCUT2D eigenvalue weighted by Crippen LogP contribution is 2.45. The molecule has 288 valence electrons. The molecule has 0 bridgehead atoms. The summed E-state index contributed by atoms with van der Waals surface area (Å²) in [5.41, 5.74) is 15.0. The van der Waals surface area contributed by atoms with Gasteiger partial charge in [0.2, 0.25) is 0 Å². The van der Waals surface area contributed by atoms with Gasteiger partial charge in [0.05, 0.1) is 11.0 Å². The summed E-state index contributed by atoms with van der Waals surface area (Å²) in [5.74, 6) is 0. The molecule has 0 aliphatic heterocycles. The van der Waals surface area contributed by atoms with Crippen LogP contribution in [0.15, 0.2) is 237 Å². The third-order valence-electron chi connectivity index (χ3n) is 11.6. The predicted molar refractivity (Wildman–Crippen MR) is 260 cm³/mol. The van der Waals surface area contributed by atoms with Gasteiger partial charge in [-0.05, 0) is 130 Å². The lowest BCUT2D eigenvalue weighted by molar-refractivity contribution is 1.18. The van der Waals surface area contributed by atoms with E-state index in [1.165, 1.54) is 43.7 Å². The first-order valence-corrected chi connectivity index (χ1v) is 20.8. The fourth-order valence-corrected chi connectivity index (χ4v) is 8.82. The van der Waals surface area contributed by atoms with E-state index in [0.29, 0.717) is 0 Å². The molecule has 0 radical (unpaired) electrons. The van der Waals surface area contributed by atoms with E-state index in [1.54, 1.807) is 0 Å². The monoisotopic (exact) mass is 779 g/mol. The number of nitrogens with zero attached hydrogens (tertiary/aromatic N) is 3. The van der Waals surface area contributed by atoms with Crippen molar-refractivity contribution in [2.75, 3.05) is 9.80 Å². The van der Waals surface area contributed by atoms with Crippen molar-refractivity contribution in [2.45, 2.75) is 0 Å². The van der Waals surface area contributed by atoms with E-state index in [1.807, 2.05) is 0 Å². The van der Waals surface area contributed by atoms with Crippen LogP contribution in [0.3, 0.4) is 0 Å². The van der Waals surface area contributed by atoms with Crippen LogP contribution in [0.25, 0.3) is 61.5 Å². The van der Waals surface area contributed by atoms with Crippen LogP contribution in [-0.2, 0) is 0 Å². The maximum absolute atomic E-state index is 2.45. The molecule has 1 aromatic heterocycles. The Kier molecular flexibility index (Phi) is 9.18. The van der Waals surface area contributed by atoms with Crippen molar-refractivity contribution in [3.63, 3.8) is 0 Å². The molecule has 0 amide bonds. The molecule has 0 spiro atoms. The highest BCUT2D eigenvalue weighted by atomic mass is 15.1. The molecule has 0 atom stereocenters. The molecule has 3 heteroatoms. The van der Waals surface area contributed by atoms with E-state index in [9.17, 15) is 0 Å². The Bertz CT molecular complexity index is 3170. The Morgan fingerprint density at radius 2 is 0.689 bits per heavy atom. The van der Waals surface area contributed by atoms with Crippen molar-refractivity contribution in [2.24, 2.45) is 0 Å². The summed E-state index contributed by atoms with van der Waals surface area (Å²) < 4.78 is 2.45. The average molecular weight is 780 g/mol. The molecule has 0 saturated carbocycles. The fraction of sp³-hybridized carbons (Fsp3) is 0. The van der Waals surface area contributed by atoms with Crippen molar-refractivity contribution in [1.29, 1.82) is 0 Å². The standard InChI is InChI=1S/C58H41N3/c1-6-16-48(17-7-1)59(49-18-8-2-9-19-49)53-36-30-43(31-37-53)27-26-42-28-32-44(33-29-42)47-38-45-34-35-46-39-54(60(50-20-10-3-11-21-50)51-22-12-4-13-23-51)41-56-58(46)57(45)55(40-47)61(56)52-24-14-5-15-25-52/h1-41H/b27-26+. The molecule has 0 aliphatic carbocycles. The third-order valence-corrected chi connectivity index (χ3v) is 11.6. The highest BCUT2D eigenvalue weighted by molar-refractivity contribution is 6.26. The van der Waals surface area contributed by atoms with Gasteiger partial charge in [0, 0.05) is 50.6 Å². The predicted octanol–water partition coefficient (Wildman–Crippen LogP) is 16.2. The molecule has 10 aromatic carbocycles.